The molecular weight excluding hydrogens is 144 g/mol. The van der Waals surface area contributed by atoms with Crippen molar-refractivity contribution in [1.82, 2.24) is 0 Å². The van der Waals surface area contributed by atoms with E-state index in [1.54, 1.807) is 0 Å². The van der Waals surface area contributed by atoms with Gasteiger partial charge in [-0.25, -0.2) is 0 Å². The lowest BCUT2D eigenvalue weighted by atomic mass is 10.1. The van der Waals surface area contributed by atoms with Gasteiger partial charge in [-0.3, -0.25) is 0 Å². The van der Waals surface area contributed by atoms with Crippen LogP contribution >= 0.6 is 0 Å². The molecular formula is C12H24. The number of hydrogen-bond acceptors (Lipinski definition) is 0. The second kappa shape index (κ2) is 10.6. The molecule has 1 aliphatic carbocycles. The van der Waals surface area contributed by atoms with Crippen molar-refractivity contribution in [3.63, 3.8) is 0 Å². The lowest BCUT2D eigenvalue weighted by Gasteiger charge is -1.96. The van der Waals surface area contributed by atoms with Gasteiger partial charge in [-0.15, -0.1) is 12.3 Å². The molecule has 0 radical (unpaired) electrons. The van der Waals surface area contributed by atoms with Crippen LogP contribution in [0.4, 0.5) is 0 Å². The Morgan fingerprint density at radius 2 is 1.58 bits per heavy atom. The summed E-state index contributed by atoms with van der Waals surface area (Å²) < 4.78 is 0. The smallest absolute Gasteiger partial charge is 0.0202 e. The molecule has 0 heterocycles. The van der Waals surface area contributed by atoms with Gasteiger partial charge < -0.3 is 0 Å². The minimum atomic E-state index is 0.602. The van der Waals surface area contributed by atoms with E-state index >= 15 is 0 Å². The van der Waals surface area contributed by atoms with Crippen molar-refractivity contribution in [3.8, 4) is 12.3 Å². The van der Waals surface area contributed by atoms with E-state index in [2.05, 4.69) is 12.8 Å². The van der Waals surface area contributed by atoms with Gasteiger partial charge in [0.2, 0.25) is 0 Å². The van der Waals surface area contributed by atoms with Crippen molar-refractivity contribution < 1.29 is 0 Å². The van der Waals surface area contributed by atoms with Gasteiger partial charge in [0, 0.05) is 5.92 Å². The van der Waals surface area contributed by atoms with Gasteiger partial charge >= 0.3 is 0 Å². The van der Waals surface area contributed by atoms with Crippen molar-refractivity contribution in [2.24, 2.45) is 11.8 Å². The largest absolute Gasteiger partial charge is 0.120 e. The van der Waals surface area contributed by atoms with E-state index in [0.29, 0.717) is 5.92 Å². The predicted molar refractivity (Wildman–Crippen MR) is 58.0 cm³/mol. The Balaban J connectivity index is 0. The second-order valence-electron chi connectivity index (χ2n) is 2.78. The molecule has 2 unspecified atom stereocenters. The average Bonchev–Trinajstić information content (AvgIpc) is 2.58. The number of terminal acetylenes is 1. The fourth-order valence-corrected chi connectivity index (χ4v) is 1.36. The van der Waals surface area contributed by atoms with Gasteiger partial charge in [-0.05, 0) is 25.2 Å². The SMILES string of the molecule is C#CC1CCC(C)C1.CC.CC. The molecule has 1 aliphatic rings. The van der Waals surface area contributed by atoms with Gasteiger partial charge in [0.05, 0.1) is 0 Å². The maximum atomic E-state index is 5.25. The highest BCUT2D eigenvalue weighted by Gasteiger charge is 2.18. The summed E-state index contributed by atoms with van der Waals surface area (Å²) in [6, 6.07) is 0. The zero-order chi connectivity index (χ0) is 9.98. The first-order chi connectivity index (χ1) is 5.83. The Kier molecular flexibility index (Phi) is 12.4. The van der Waals surface area contributed by atoms with Crippen LogP contribution in [0.25, 0.3) is 0 Å². The van der Waals surface area contributed by atoms with E-state index in [-0.39, 0.29) is 0 Å². The molecule has 0 amide bonds. The summed E-state index contributed by atoms with van der Waals surface area (Å²) >= 11 is 0. The van der Waals surface area contributed by atoms with Crippen molar-refractivity contribution in [2.75, 3.05) is 0 Å². The summed E-state index contributed by atoms with van der Waals surface area (Å²) in [5.41, 5.74) is 0. The minimum absolute atomic E-state index is 0.602. The summed E-state index contributed by atoms with van der Waals surface area (Å²) in [5.74, 6) is 4.28. The highest BCUT2D eigenvalue weighted by atomic mass is 14.2. The Hall–Kier alpha value is -0.440. The van der Waals surface area contributed by atoms with Crippen LogP contribution in [-0.2, 0) is 0 Å². The predicted octanol–water partition coefficient (Wildman–Crippen LogP) is 4.11. The molecule has 0 aromatic rings. The molecule has 0 aromatic heterocycles. The molecule has 0 saturated heterocycles. The van der Waals surface area contributed by atoms with Crippen molar-refractivity contribution >= 4 is 0 Å². The lowest BCUT2D eigenvalue weighted by Crippen LogP contribution is -1.87. The molecule has 12 heavy (non-hydrogen) atoms. The molecule has 2 atom stereocenters. The van der Waals surface area contributed by atoms with E-state index in [0.717, 1.165) is 5.92 Å². The summed E-state index contributed by atoms with van der Waals surface area (Å²) in [6.07, 6.45) is 9.11. The lowest BCUT2D eigenvalue weighted by molar-refractivity contribution is 0.592. The molecule has 0 heteroatoms. The van der Waals surface area contributed by atoms with E-state index < -0.39 is 0 Å². The third kappa shape index (κ3) is 6.28. The highest BCUT2D eigenvalue weighted by Crippen LogP contribution is 2.29. The zero-order valence-corrected chi connectivity index (χ0v) is 9.35. The van der Waals surface area contributed by atoms with Crippen LogP contribution in [0.1, 0.15) is 53.9 Å². The molecule has 0 bridgehead atoms. The van der Waals surface area contributed by atoms with E-state index in [9.17, 15) is 0 Å². The van der Waals surface area contributed by atoms with E-state index in [1.807, 2.05) is 27.7 Å². The van der Waals surface area contributed by atoms with Gasteiger partial charge in [-0.2, -0.15) is 0 Å². The summed E-state index contributed by atoms with van der Waals surface area (Å²) in [7, 11) is 0. The fraction of sp³-hybridized carbons (Fsp3) is 0.833. The third-order valence-electron chi connectivity index (χ3n) is 1.93. The van der Waals surface area contributed by atoms with Crippen LogP contribution in [0.5, 0.6) is 0 Å². The van der Waals surface area contributed by atoms with Gasteiger partial charge in [0.25, 0.3) is 0 Å². The Morgan fingerprint density at radius 1 is 1.08 bits per heavy atom. The van der Waals surface area contributed by atoms with Gasteiger partial charge in [-0.1, -0.05) is 34.6 Å². The van der Waals surface area contributed by atoms with Crippen molar-refractivity contribution in [1.29, 1.82) is 0 Å². The molecule has 72 valence electrons. The normalized spacial score (nSPS) is 25.7. The zero-order valence-electron chi connectivity index (χ0n) is 9.35. The van der Waals surface area contributed by atoms with Crippen LogP contribution in [0, 0.1) is 24.2 Å². The summed E-state index contributed by atoms with van der Waals surface area (Å²) in [6.45, 7) is 10.3. The van der Waals surface area contributed by atoms with Gasteiger partial charge in [0.1, 0.15) is 0 Å². The van der Waals surface area contributed by atoms with Crippen LogP contribution in [0.15, 0.2) is 0 Å². The Morgan fingerprint density at radius 3 is 1.75 bits per heavy atom. The van der Waals surface area contributed by atoms with Crippen LogP contribution < -0.4 is 0 Å². The van der Waals surface area contributed by atoms with Crippen LogP contribution in [0.3, 0.4) is 0 Å². The average molecular weight is 168 g/mol. The second-order valence-corrected chi connectivity index (χ2v) is 2.78. The first-order valence-corrected chi connectivity index (χ1v) is 5.29. The highest BCUT2D eigenvalue weighted by molar-refractivity contribution is 4.96. The molecule has 0 nitrogen and oxygen atoms in total. The van der Waals surface area contributed by atoms with E-state index in [1.165, 1.54) is 19.3 Å². The first-order valence-electron chi connectivity index (χ1n) is 5.29. The quantitative estimate of drug-likeness (QED) is 0.477. The summed E-state index contributed by atoms with van der Waals surface area (Å²) in [5, 5.41) is 0. The molecule has 0 aromatic carbocycles. The van der Waals surface area contributed by atoms with Crippen LogP contribution in [-0.4, -0.2) is 0 Å². The number of hydrogen-bond donors (Lipinski definition) is 0. The molecule has 1 saturated carbocycles. The van der Waals surface area contributed by atoms with Crippen molar-refractivity contribution in [3.05, 3.63) is 0 Å². The Bertz CT molecular complexity index is 108. The topological polar surface area (TPSA) is 0 Å². The third-order valence-corrected chi connectivity index (χ3v) is 1.93. The van der Waals surface area contributed by atoms with Gasteiger partial charge in [0.15, 0.2) is 0 Å². The monoisotopic (exact) mass is 168 g/mol. The van der Waals surface area contributed by atoms with E-state index in [4.69, 9.17) is 6.42 Å². The first kappa shape index (κ1) is 14.1. The molecule has 1 fully saturated rings. The molecule has 1 rings (SSSR count). The Labute approximate surface area is 78.8 Å². The summed E-state index contributed by atoms with van der Waals surface area (Å²) in [4.78, 5) is 0. The van der Waals surface area contributed by atoms with Crippen LogP contribution in [0.2, 0.25) is 0 Å². The maximum Gasteiger partial charge on any atom is 0.0202 e. The minimum Gasteiger partial charge on any atom is -0.120 e. The maximum absolute atomic E-state index is 5.25. The standard InChI is InChI=1S/C8H12.2C2H6/c1-3-8-5-4-7(2)6-8;2*1-2/h1,7-8H,4-6H2,2H3;2*1-2H3. The molecule has 0 spiro atoms. The van der Waals surface area contributed by atoms with Crippen molar-refractivity contribution in [2.45, 2.75) is 53.9 Å². The molecule has 0 aliphatic heterocycles. The fourth-order valence-electron chi connectivity index (χ4n) is 1.36. The molecule has 0 N–H and O–H groups in total. The number of rotatable bonds is 0.